The number of hydrogen-bond donors (Lipinski definition) is 1. The number of methoxy groups -OCH3 is 1. The second-order valence-corrected chi connectivity index (χ2v) is 7.06. The van der Waals surface area contributed by atoms with E-state index in [0.717, 1.165) is 16.7 Å². The van der Waals surface area contributed by atoms with Crippen LogP contribution in [0.15, 0.2) is 42.5 Å². The van der Waals surface area contributed by atoms with Gasteiger partial charge in [-0.3, -0.25) is 9.59 Å². The van der Waals surface area contributed by atoms with Crippen molar-refractivity contribution in [2.24, 2.45) is 0 Å². The molecule has 2 amide bonds. The Morgan fingerprint density at radius 3 is 2.38 bits per heavy atom. The first-order chi connectivity index (χ1) is 13.8. The van der Waals surface area contributed by atoms with Crippen LogP contribution in [0.1, 0.15) is 30.5 Å². The van der Waals surface area contributed by atoms with Crippen molar-refractivity contribution in [1.29, 1.82) is 0 Å². The highest BCUT2D eigenvalue weighted by atomic mass is 16.5. The molecule has 6 nitrogen and oxygen atoms in total. The average molecular weight is 399 g/mol. The molecule has 2 rings (SSSR count). The number of aryl methyl sites for hydroxylation is 2. The number of ether oxygens (including phenoxy) is 2. The maximum Gasteiger partial charge on any atom is 0.261 e. The number of likely N-dealkylation sites (N-methyl/N-ethyl adjacent to an activating group) is 1. The van der Waals surface area contributed by atoms with Crippen molar-refractivity contribution in [3.63, 3.8) is 0 Å². The van der Waals surface area contributed by atoms with E-state index in [-0.39, 0.29) is 25.0 Å². The summed E-state index contributed by atoms with van der Waals surface area (Å²) in [7, 11) is 1.59. The minimum absolute atomic E-state index is 0.142. The molecule has 0 aliphatic heterocycles. The highest BCUT2D eigenvalue weighted by Crippen LogP contribution is 2.18. The predicted octanol–water partition coefficient (Wildman–Crippen LogP) is 3.24. The smallest absolute Gasteiger partial charge is 0.261 e. The Hall–Kier alpha value is -3.02. The molecule has 29 heavy (non-hydrogen) atoms. The molecule has 0 aromatic heterocycles. The molecule has 0 radical (unpaired) electrons. The summed E-state index contributed by atoms with van der Waals surface area (Å²) in [6, 6.07) is 12.6. The van der Waals surface area contributed by atoms with E-state index < -0.39 is 6.04 Å². The maximum atomic E-state index is 13.0. The van der Waals surface area contributed by atoms with Gasteiger partial charge in [0.05, 0.1) is 7.11 Å². The average Bonchev–Trinajstić information content (AvgIpc) is 2.69. The fourth-order valence-corrected chi connectivity index (χ4v) is 3.12. The third-order valence-electron chi connectivity index (χ3n) is 4.56. The maximum absolute atomic E-state index is 13.0. The number of carbonyl (C=O) groups is 2. The number of carbonyl (C=O) groups excluding carboxylic acids is 2. The van der Waals surface area contributed by atoms with Crippen molar-refractivity contribution in [2.45, 2.75) is 40.3 Å². The van der Waals surface area contributed by atoms with Gasteiger partial charge in [-0.05, 0) is 68.7 Å². The van der Waals surface area contributed by atoms with Crippen LogP contribution in [0, 0.1) is 13.8 Å². The molecule has 1 atom stereocenters. The molecule has 156 valence electrons. The van der Waals surface area contributed by atoms with Crippen LogP contribution in [0.4, 0.5) is 0 Å². The van der Waals surface area contributed by atoms with Crippen LogP contribution in [0.3, 0.4) is 0 Å². The van der Waals surface area contributed by atoms with E-state index in [0.29, 0.717) is 18.0 Å². The van der Waals surface area contributed by atoms with Gasteiger partial charge in [-0.25, -0.2) is 0 Å². The molecule has 6 heteroatoms. The summed E-state index contributed by atoms with van der Waals surface area (Å²) in [6.45, 7) is 8.17. The summed E-state index contributed by atoms with van der Waals surface area (Å²) in [6.07, 6.45) is 0. The third-order valence-corrected chi connectivity index (χ3v) is 4.56. The van der Waals surface area contributed by atoms with Gasteiger partial charge < -0.3 is 19.7 Å². The molecule has 0 saturated carbocycles. The van der Waals surface area contributed by atoms with Gasteiger partial charge in [0.15, 0.2) is 6.61 Å². The van der Waals surface area contributed by atoms with Crippen molar-refractivity contribution < 1.29 is 19.1 Å². The Morgan fingerprint density at radius 1 is 1.07 bits per heavy atom. The Kier molecular flexibility index (Phi) is 8.07. The minimum atomic E-state index is -0.628. The molecule has 0 aliphatic rings. The number of benzene rings is 2. The zero-order valence-corrected chi connectivity index (χ0v) is 17.8. The molecule has 0 saturated heterocycles. The van der Waals surface area contributed by atoms with E-state index in [1.807, 2.05) is 63.2 Å². The first kappa shape index (κ1) is 22.3. The molecule has 1 N–H and O–H groups in total. The van der Waals surface area contributed by atoms with Gasteiger partial charge in [0.2, 0.25) is 5.91 Å². The molecule has 2 aromatic rings. The number of rotatable bonds is 9. The lowest BCUT2D eigenvalue weighted by atomic mass is 10.1. The summed E-state index contributed by atoms with van der Waals surface area (Å²) in [5.41, 5.74) is 3.01. The largest absolute Gasteiger partial charge is 0.497 e. The van der Waals surface area contributed by atoms with Crippen molar-refractivity contribution in [1.82, 2.24) is 10.2 Å². The van der Waals surface area contributed by atoms with Gasteiger partial charge in [-0.2, -0.15) is 0 Å². The van der Waals surface area contributed by atoms with Gasteiger partial charge >= 0.3 is 0 Å². The summed E-state index contributed by atoms with van der Waals surface area (Å²) < 4.78 is 11.0. The lowest BCUT2D eigenvalue weighted by Gasteiger charge is -2.28. The van der Waals surface area contributed by atoms with Gasteiger partial charge in [-0.1, -0.05) is 18.2 Å². The fraction of sp³-hybridized carbons (Fsp3) is 0.391. The quantitative estimate of drug-likeness (QED) is 0.704. The standard InChI is InChI=1S/C23H30N2O4/c1-6-24-23(27)18(4)25(14-19-8-7-9-20(13-19)28-5)22(26)15-29-21-11-16(2)10-17(3)12-21/h7-13,18H,6,14-15H2,1-5H3,(H,24,27)/t18-/m1/s1. The summed E-state index contributed by atoms with van der Waals surface area (Å²) >= 11 is 0. The van der Waals surface area contributed by atoms with Crippen molar-refractivity contribution >= 4 is 11.8 Å². The van der Waals surface area contributed by atoms with Crippen LogP contribution in [0.2, 0.25) is 0 Å². The molecule has 0 fully saturated rings. The summed E-state index contributed by atoms with van der Waals surface area (Å²) in [5, 5.41) is 2.78. The molecule has 0 spiro atoms. The minimum Gasteiger partial charge on any atom is -0.497 e. The SMILES string of the molecule is CCNC(=O)[C@@H](C)N(Cc1cccc(OC)c1)C(=O)COc1cc(C)cc(C)c1. The second-order valence-electron chi connectivity index (χ2n) is 7.06. The lowest BCUT2D eigenvalue weighted by Crippen LogP contribution is -2.49. The van der Waals surface area contributed by atoms with E-state index >= 15 is 0 Å². The molecule has 0 heterocycles. The lowest BCUT2D eigenvalue weighted by molar-refractivity contribution is -0.142. The van der Waals surface area contributed by atoms with E-state index in [1.54, 1.807) is 14.0 Å². The fourth-order valence-electron chi connectivity index (χ4n) is 3.12. The van der Waals surface area contributed by atoms with Gasteiger partial charge in [0, 0.05) is 13.1 Å². The molecular formula is C23H30N2O4. The van der Waals surface area contributed by atoms with Gasteiger partial charge in [-0.15, -0.1) is 0 Å². The Bertz CT molecular complexity index is 830. The van der Waals surface area contributed by atoms with Crippen LogP contribution >= 0.6 is 0 Å². The number of nitrogens with zero attached hydrogens (tertiary/aromatic N) is 1. The van der Waals surface area contributed by atoms with Crippen LogP contribution in [0.25, 0.3) is 0 Å². The van der Waals surface area contributed by atoms with Crippen LogP contribution < -0.4 is 14.8 Å². The normalized spacial score (nSPS) is 11.5. The summed E-state index contributed by atoms with van der Waals surface area (Å²) in [5.74, 6) is 0.885. The number of hydrogen-bond acceptors (Lipinski definition) is 4. The second kappa shape index (κ2) is 10.5. The van der Waals surface area contributed by atoms with Crippen molar-refractivity contribution in [3.8, 4) is 11.5 Å². The number of amides is 2. The highest BCUT2D eigenvalue weighted by Gasteiger charge is 2.26. The van der Waals surface area contributed by atoms with Gasteiger partial charge in [0.25, 0.3) is 5.91 Å². The van der Waals surface area contributed by atoms with Gasteiger partial charge in [0.1, 0.15) is 17.5 Å². The first-order valence-electron chi connectivity index (χ1n) is 9.75. The highest BCUT2D eigenvalue weighted by molar-refractivity contribution is 5.87. The molecular weight excluding hydrogens is 368 g/mol. The molecule has 0 bridgehead atoms. The Labute approximate surface area is 172 Å². The number of nitrogens with one attached hydrogen (secondary N) is 1. The van der Waals surface area contributed by atoms with E-state index in [2.05, 4.69) is 5.32 Å². The topological polar surface area (TPSA) is 67.9 Å². The first-order valence-corrected chi connectivity index (χ1v) is 9.75. The van der Waals surface area contributed by atoms with Crippen LogP contribution in [0.5, 0.6) is 11.5 Å². The van der Waals surface area contributed by atoms with E-state index in [1.165, 1.54) is 4.90 Å². The monoisotopic (exact) mass is 398 g/mol. The molecule has 0 unspecified atom stereocenters. The van der Waals surface area contributed by atoms with Crippen LogP contribution in [-0.4, -0.2) is 43.0 Å². The predicted molar refractivity (Wildman–Crippen MR) is 113 cm³/mol. The Morgan fingerprint density at radius 2 is 1.76 bits per heavy atom. The van der Waals surface area contributed by atoms with E-state index in [9.17, 15) is 9.59 Å². The van der Waals surface area contributed by atoms with E-state index in [4.69, 9.17) is 9.47 Å². The zero-order chi connectivity index (χ0) is 21.4. The van der Waals surface area contributed by atoms with Crippen molar-refractivity contribution in [2.75, 3.05) is 20.3 Å². The third kappa shape index (κ3) is 6.52. The molecule has 2 aromatic carbocycles. The van der Waals surface area contributed by atoms with Crippen molar-refractivity contribution in [3.05, 3.63) is 59.2 Å². The zero-order valence-electron chi connectivity index (χ0n) is 17.8. The summed E-state index contributed by atoms with van der Waals surface area (Å²) in [4.78, 5) is 26.9. The molecule has 0 aliphatic carbocycles. The Balaban J connectivity index is 2.18. The van der Waals surface area contributed by atoms with Crippen LogP contribution in [-0.2, 0) is 16.1 Å².